The third kappa shape index (κ3) is 11.8. The van der Waals surface area contributed by atoms with E-state index in [9.17, 15) is 0 Å². The summed E-state index contributed by atoms with van der Waals surface area (Å²) < 4.78 is 1.29. The Hall–Kier alpha value is 0.730. The molecule has 0 aliphatic rings. The highest BCUT2D eigenvalue weighted by Gasteiger charge is 1.58. The predicted molar refractivity (Wildman–Crippen MR) is 35.9 cm³/mol. The monoisotopic (exact) mass is 185 g/mol. The standard InChI is InChI=1S/C3H7I.CH4/c1-2-3-4;/h2-3H2,1H3;1H4/i;1-1. The topological polar surface area (TPSA) is 0 Å². The molecule has 0 atom stereocenters. The second-order valence-electron chi connectivity index (χ2n) is 0.689. The van der Waals surface area contributed by atoms with Gasteiger partial charge in [-0.25, -0.2) is 0 Å². The maximum atomic E-state index is 2.35. The van der Waals surface area contributed by atoms with E-state index >= 15 is 0 Å². The lowest BCUT2D eigenvalue weighted by molar-refractivity contribution is 1.13. The molecule has 0 unspecified atom stereocenters. The van der Waals surface area contributed by atoms with E-state index in [0.717, 1.165) is 0 Å². The molecule has 0 aliphatic carbocycles. The molecule has 0 spiro atoms. The number of hydrogen-bond acceptors (Lipinski definition) is 0. The van der Waals surface area contributed by atoms with Crippen molar-refractivity contribution in [3.05, 3.63) is 0 Å². The minimum absolute atomic E-state index is 0. The molecular formula is C4H11I. The normalized spacial score (nSPS) is 6.00. The van der Waals surface area contributed by atoms with Crippen molar-refractivity contribution in [3.8, 4) is 0 Å². The summed E-state index contributed by atoms with van der Waals surface area (Å²) in [5, 5.41) is 0. The highest BCUT2D eigenvalue weighted by atomic mass is 127. The van der Waals surface area contributed by atoms with Crippen LogP contribution in [0.1, 0.15) is 20.8 Å². The molecule has 0 aromatic rings. The van der Waals surface area contributed by atoms with Crippen molar-refractivity contribution in [3.63, 3.8) is 0 Å². The first kappa shape index (κ1) is 9.21. The van der Waals surface area contributed by atoms with Crippen molar-refractivity contribution in [2.24, 2.45) is 0 Å². The molecule has 0 aliphatic heterocycles. The van der Waals surface area contributed by atoms with Gasteiger partial charge in [0.1, 0.15) is 0 Å². The number of hydrogen-bond donors (Lipinski definition) is 0. The molecule has 0 aromatic heterocycles. The maximum absolute atomic E-state index is 2.35. The molecule has 0 saturated heterocycles. The van der Waals surface area contributed by atoms with E-state index in [1.165, 1.54) is 10.8 Å². The molecule has 0 fully saturated rings. The molecule has 5 heavy (non-hydrogen) atoms. The predicted octanol–water partition coefficient (Wildman–Crippen LogP) is 2.47. The minimum atomic E-state index is 0. The van der Waals surface area contributed by atoms with Crippen molar-refractivity contribution in [1.82, 2.24) is 0 Å². The quantitative estimate of drug-likeness (QED) is 0.434. The minimum Gasteiger partial charge on any atom is -0.0864 e. The summed E-state index contributed by atoms with van der Waals surface area (Å²) in [5.41, 5.74) is 0. The summed E-state index contributed by atoms with van der Waals surface area (Å²) in [4.78, 5) is 0. The van der Waals surface area contributed by atoms with Crippen LogP contribution in [0.3, 0.4) is 0 Å². The molecule has 0 radical (unpaired) electrons. The Labute approximate surface area is 48.1 Å². The average Bonchev–Trinajstić information content (AvgIpc) is 1.37. The van der Waals surface area contributed by atoms with Gasteiger partial charge in [0.25, 0.3) is 0 Å². The molecular weight excluding hydrogens is 174 g/mol. The van der Waals surface area contributed by atoms with Gasteiger partial charge in [-0.2, -0.15) is 0 Å². The Balaban J connectivity index is 0. The van der Waals surface area contributed by atoms with Gasteiger partial charge in [0.15, 0.2) is 0 Å². The first-order valence-electron chi connectivity index (χ1n) is 1.47. The van der Waals surface area contributed by atoms with Gasteiger partial charge in [0, 0.05) is 0 Å². The van der Waals surface area contributed by atoms with E-state index in [2.05, 4.69) is 29.5 Å². The van der Waals surface area contributed by atoms with Gasteiger partial charge in [-0.3, -0.25) is 0 Å². The van der Waals surface area contributed by atoms with Crippen LogP contribution in [0.2, 0.25) is 0 Å². The Bertz CT molecular complexity index is 5.61. The van der Waals surface area contributed by atoms with Gasteiger partial charge in [0.2, 0.25) is 0 Å². The van der Waals surface area contributed by atoms with E-state index in [4.69, 9.17) is 0 Å². The van der Waals surface area contributed by atoms with Crippen LogP contribution < -0.4 is 0 Å². The lowest BCUT2D eigenvalue weighted by atomic mass is 10.6. The fourth-order valence-corrected chi connectivity index (χ4v) is 0. The van der Waals surface area contributed by atoms with Crippen LogP contribution in [0.4, 0.5) is 0 Å². The molecule has 0 nitrogen and oxygen atoms in total. The van der Waals surface area contributed by atoms with E-state index in [1.54, 1.807) is 0 Å². The van der Waals surface area contributed by atoms with Crippen LogP contribution in [0.15, 0.2) is 0 Å². The fraction of sp³-hybridized carbons (Fsp3) is 1.00. The van der Waals surface area contributed by atoms with E-state index < -0.39 is 0 Å². The van der Waals surface area contributed by atoms with Crippen molar-refractivity contribution in [2.45, 2.75) is 20.8 Å². The van der Waals surface area contributed by atoms with Crippen LogP contribution in [0.25, 0.3) is 0 Å². The fourth-order valence-electron chi connectivity index (χ4n) is 0. The highest BCUT2D eigenvalue weighted by Crippen LogP contribution is 1.81. The highest BCUT2D eigenvalue weighted by molar-refractivity contribution is 14.1. The summed E-state index contributed by atoms with van der Waals surface area (Å²) in [6.45, 7) is 2.17. The second-order valence-corrected chi connectivity index (χ2v) is 1.77. The van der Waals surface area contributed by atoms with Crippen LogP contribution >= 0.6 is 22.6 Å². The first-order chi connectivity index (χ1) is 1.91. The van der Waals surface area contributed by atoms with Crippen LogP contribution in [0, 0.1) is 0 Å². The average molecular weight is 185 g/mol. The Morgan fingerprint density at radius 1 is 1.60 bits per heavy atom. The molecule has 0 aromatic carbocycles. The first-order valence-corrected chi connectivity index (χ1v) is 3.00. The Morgan fingerprint density at radius 3 is 1.80 bits per heavy atom. The molecule has 0 heterocycles. The van der Waals surface area contributed by atoms with Crippen LogP contribution in [0.5, 0.6) is 0 Å². The zero-order valence-electron chi connectivity index (χ0n) is 2.79. The van der Waals surface area contributed by atoms with Crippen molar-refractivity contribution < 1.29 is 0 Å². The van der Waals surface area contributed by atoms with Gasteiger partial charge >= 0.3 is 0 Å². The van der Waals surface area contributed by atoms with E-state index in [-0.39, 0.29) is 7.43 Å². The number of halogens is 1. The van der Waals surface area contributed by atoms with Crippen LogP contribution in [-0.4, -0.2) is 4.43 Å². The molecule has 0 saturated carbocycles. The van der Waals surface area contributed by atoms with Crippen molar-refractivity contribution in [2.75, 3.05) is 4.43 Å². The van der Waals surface area contributed by atoms with Crippen molar-refractivity contribution in [1.29, 1.82) is 0 Å². The van der Waals surface area contributed by atoms with Gasteiger partial charge in [-0.05, 0) is 10.8 Å². The van der Waals surface area contributed by atoms with Gasteiger partial charge < -0.3 is 0 Å². The van der Waals surface area contributed by atoms with Crippen LogP contribution in [-0.2, 0) is 0 Å². The molecule has 0 bridgehead atoms. The van der Waals surface area contributed by atoms with E-state index in [0.29, 0.717) is 0 Å². The largest absolute Gasteiger partial charge is 0.0864 e. The van der Waals surface area contributed by atoms with E-state index in [1.807, 2.05) is 0 Å². The van der Waals surface area contributed by atoms with Crippen molar-refractivity contribution >= 4 is 22.6 Å². The molecule has 0 amide bonds. The maximum Gasteiger partial charge on any atom is -0.000735 e. The number of alkyl halides is 1. The molecule has 1 heteroatoms. The molecule has 34 valence electrons. The van der Waals surface area contributed by atoms with Gasteiger partial charge in [-0.1, -0.05) is 36.9 Å². The lowest BCUT2D eigenvalue weighted by Crippen LogP contribution is -1.54. The summed E-state index contributed by atoms with van der Waals surface area (Å²) in [6.07, 6.45) is 1.31. The smallest absolute Gasteiger partial charge is 0.000735 e. The SMILES string of the molecule is CCCI.[11CH4]. The Kier molecular flexibility index (Phi) is 16.3. The lowest BCUT2D eigenvalue weighted by Gasteiger charge is -1.66. The summed E-state index contributed by atoms with van der Waals surface area (Å²) in [7, 11) is 0. The Morgan fingerprint density at radius 2 is 1.80 bits per heavy atom. The zero-order chi connectivity index (χ0) is 3.41. The third-order valence-corrected chi connectivity index (χ3v) is 1.27. The molecule has 0 rings (SSSR count). The second kappa shape index (κ2) is 8.83. The summed E-state index contributed by atoms with van der Waals surface area (Å²) in [6, 6.07) is 0. The molecule has 0 N–H and O–H groups in total. The summed E-state index contributed by atoms with van der Waals surface area (Å²) in [5.74, 6) is 0. The summed E-state index contributed by atoms with van der Waals surface area (Å²) >= 11 is 2.35. The third-order valence-electron chi connectivity index (χ3n) is 0.189. The van der Waals surface area contributed by atoms with Gasteiger partial charge in [0.05, 0.1) is 0 Å². The zero-order valence-corrected chi connectivity index (χ0v) is 4.95. The number of rotatable bonds is 1. The van der Waals surface area contributed by atoms with Gasteiger partial charge in [-0.15, -0.1) is 0 Å².